The number of aryl methyl sites for hydroxylation is 1. The van der Waals surface area contributed by atoms with E-state index in [4.69, 9.17) is 5.73 Å². The molecule has 0 radical (unpaired) electrons. The molecule has 0 spiro atoms. The Bertz CT molecular complexity index is 564. The summed E-state index contributed by atoms with van der Waals surface area (Å²) < 4.78 is 13.0. The van der Waals surface area contributed by atoms with Crippen molar-refractivity contribution in [1.82, 2.24) is 10.2 Å². The van der Waals surface area contributed by atoms with Gasteiger partial charge in [-0.25, -0.2) is 4.39 Å². The maximum absolute atomic E-state index is 13.0. The van der Waals surface area contributed by atoms with Crippen LogP contribution in [0.5, 0.6) is 0 Å². The van der Waals surface area contributed by atoms with Crippen LogP contribution in [0.2, 0.25) is 0 Å². The van der Waals surface area contributed by atoms with Gasteiger partial charge in [0.2, 0.25) is 0 Å². The van der Waals surface area contributed by atoms with Crippen molar-refractivity contribution < 1.29 is 9.18 Å². The Labute approximate surface area is 96.8 Å². The Balaban J connectivity index is 2.26. The Morgan fingerprint density at radius 3 is 2.94 bits per heavy atom. The molecular formula is C11H11FN4O. The number of H-pyrrole nitrogens is 1. The topological polar surface area (TPSA) is 83.8 Å². The van der Waals surface area contributed by atoms with E-state index < -0.39 is 11.7 Å². The number of aromatic nitrogens is 2. The number of nitrogens with two attached hydrogens (primary N) is 1. The van der Waals surface area contributed by atoms with Crippen LogP contribution in [0, 0.1) is 12.7 Å². The van der Waals surface area contributed by atoms with Gasteiger partial charge in [-0.2, -0.15) is 5.10 Å². The summed E-state index contributed by atoms with van der Waals surface area (Å²) in [5.41, 5.74) is 6.71. The lowest BCUT2D eigenvalue weighted by molar-refractivity contribution is 0.102. The fourth-order valence-corrected chi connectivity index (χ4v) is 1.38. The molecule has 4 N–H and O–H groups in total. The number of nitrogens with one attached hydrogen (secondary N) is 2. The lowest BCUT2D eigenvalue weighted by Crippen LogP contribution is -2.15. The van der Waals surface area contributed by atoms with Gasteiger partial charge in [0.25, 0.3) is 5.91 Å². The number of rotatable bonds is 2. The highest BCUT2D eigenvalue weighted by atomic mass is 19.1. The molecule has 0 saturated heterocycles. The maximum atomic E-state index is 13.0. The number of anilines is 2. The molecule has 0 aliphatic carbocycles. The molecule has 88 valence electrons. The normalized spacial score (nSPS) is 10.2. The summed E-state index contributed by atoms with van der Waals surface area (Å²) in [6, 6.07) is 3.65. The number of hydrogen-bond acceptors (Lipinski definition) is 3. The fraction of sp³-hybridized carbons (Fsp3) is 0.0909. The lowest BCUT2D eigenvalue weighted by atomic mass is 10.1. The summed E-state index contributed by atoms with van der Waals surface area (Å²) >= 11 is 0. The predicted octanol–water partition coefficient (Wildman–Crippen LogP) is 1.69. The van der Waals surface area contributed by atoms with Crippen LogP contribution >= 0.6 is 0 Å². The third-order valence-electron chi connectivity index (χ3n) is 2.33. The second-order valence-electron chi connectivity index (χ2n) is 3.61. The van der Waals surface area contributed by atoms with E-state index in [1.165, 1.54) is 12.1 Å². The van der Waals surface area contributed by atoms with Gasteiger partial charge in [0.1, 0.15) is 11.6 Å². The van der Waals surface area contributed by atoms with Gasteiger partial charge < -0.3 is 11.1 Å². The number of carbonyl (C=O) groups excluding carboxylic acids is 1. The van der Waals surface area contributed by atoms with Gasteiger partial charge in [0, 0.05) is 11.3 Å². The molecule has 0 atom stereocenters. The summed E-state index contributed by atoms with van der Waals surface area (Å²) in [5, 5.41) is 8.96. The van der Waals surface area contributed by atoms with Crippen molar-refractivity contribution in [2.24, 2.45) is 0 Å². The molecule has 2 aromatic rings. The molecule has 0 unspecified atom stereocenters. The molecule has 1 aromatic heterocycles. The van der Waals surface area contributed by atoms with E-state index in [-0.39, 0.29) is 11.3 Å². The summed E-state index contributed by atoms with van der Waals surface area (Å²) in [5.74, 6) is -0.515. The minimum Gasteiger partial charge on any atom is -0.398 e. The van der Waals surface area contributed by atoms with Gasteiger partial charge in [0.15, 0.2) is 0 Å². The van der Waals surface area contributed by atoms with Crippen molar-refractivity contribution in [3.8, 4) is 0 Å². The Hall–Kier alpha value is -2.37. The van der Waals surface area contributed by atoms with Gasteiger partial charge >= 0.3 is 0 Å². The number of nitrogen functional groups attached to an aromatic ring is 1. The van der Waals surface area contributed by atoms with E-state index in [9.17, 15) is 9.18 Å². The first-order valence-corrected chi connectivity index (χ1v) is 4.94. The largest absolute Gasteiger partial charge is 0.398 e. The second kappa shape index (κ2) is 4.25. The summed E-state index contributed by atoms with van der Waals surface area (Å²) in [6.45, 7) is 1.79. The predicted molar refractivity (Wildman–Crippen MR) is 62.1 cm³/mol. The van der Waals surface area contributed by atoms with E-state index in [0.29, 0.717) is 5.82 Å². The molecule has 2 rings (SSSR count). The van der Waals surface area contributed by atoms with Crippen LogP contribution < -0.4 is 11.1 Å². The van der Waals surface area contributed by atoms with Gasteiger partial charge in [0.05, 0.1) is 11.8 Å². The van der Waals surface area contributed by atoms with Crippen LogP contribution in [0.4, 0.5) is 15.9 Å². The Morgan fingerprint density at radius 2 is 2.29 bits per heavy atom. The van der Waals surface area contributed by atoms with Crippen molar-refractivity contribution in [2.75, 3.05) is 11.1 Å². The molecule has 17 heavy (non-hydrogen) atoms. The first kappa shape index (κ1) is 11.1. The van der Waals surface area contributed by atoms with E-state index in [1.807, 2.05) is 0 Å². The molecule has 0 aliphatic heterocycles. The number of nitrogens with zero attached hydrogens (tertiary/aromatic N) is 1. The number of carbonyl (C=O) groups is 1. The molecule has 1 amide bonds. The first-order chi connectivity index (χ1) is 8.08. The van der Waals surface area contributed by atoms with Crippen molar-refractivity contribution >= 4 is 17.4 Å². The van der Waals surface area contributed by atoms with Crippen molar-refractivity contribution in [1.29, 1.82) is 0 Å². The molecule has 0 bridgehead atoms. The Morgan fingerprint density at radius 1 is 1.53 bits per heavy atom. The quantitative estimate of drug-likeness (QED) is 0.691. The molecule has 1 aromatic carbocycles. The van der Waals surface area contributed by atoms with Gasteiger partial charge in [-0.3, -0.25) is 9.89 Å². The minimum atomic E-state index is -0.509. The number of benzene rings is 1. The van der Waals surface area contributed by atoms with Crippen molar-refractivity contribution in [3.63, 3.8) is 0 Å². The molecular weight excluding hydrogens is 223 g/mol. The second-order valence-corrected chi connectivity index (χ2v) is 3.61. The van der Waals surface area contributed by atoms with Crippen LogP contribution in [0.3, 0.4) is 0 Å². The minimum absolute atomic E-state index is 0.0963. The van der Waals surface area contributed by atoms with Crippen LogP contribution in [0.1, 0.15) is 15.9 Å². The molecule has 0 aliphatic rings. The van der Waals surface area contributed by atoms with E-state index in [2.05, 4.69) is 15.5 Å². The molecule has 0 fully saturated rings. The highest BCUT2D eigenvalue weighted by Crippen LogP contribution is 2.16. The summed E-state index contributed by atoms with van der Waals surface area (Å²) in [6.07, 6.45) is 1.57. The fourth-order valence-electron chi connectivity index (χ4n) is 1.38. The standard InChI is InChI=1S/C11H11FN4O/c1-6-5-14-16-10(6)15-11(17)8-4-7(12)2-3-9(8)13/h2-5H,13H2,1H3,(H2,14,15,16,17). The van der Waals surface area contributed by atoms with E-state index in [1.54, 1.807) is 13.1 Å². The zero-order valence-corrected chi connectivity index (χ0v) is 9.12. The summed E-state index contributed by atoms with van der Waals surface area (Å²) in [7, 11) is 0. The zero-order chi connectivity index (χ0) is 12.4. The SMILES string of the molecule is Cc1cn[nH]c1NC(=O)c1cc(F)ccc1N. The molecule has 0 saturated carbocycles. The summed E-state index contributed by atoms with van der Waals surface area (Å²) in [4.78, 5) is 11.8. The van der Waals surface area contributed by atoms with Crippen LogP contribution in [-0.2, 0) is 0 Å². The number of halogens is 1. The third-order valence-corrected chi connectivity index (χ3v) is 2.33. The maximum Gasteiger partial charge on any atom is 0.259 e. The number of aromatic amines is 1. The van der Waals surface area contributed by atoms with Crippen LogP contribution in [0.25, 0.3) is 0 Å². The lowest BCUT2D eigenvalue weighted by Gasteiger charge is -2.06. The average molecular weight is 234 g/mol. The van der Waals surface area contributed by atoms with Gasteiger partial charge in [-0.05, 0) is 25.1 Å². The van der Waals surface area contributed by atoms with Crippen molar-refractivity contribution in [2.45, 2.75) is 6.92 Å². The van der Waals surface area contributed by atoms with Crippen LogP contribution in [0.15, 0.2) is 24.4 Å². The first-order valence-electron chi connectivity index (χ1n) is 4.94. The van der Waals surface area contributed by atoms with Crippen molar-refractivity contribution in [3.05, 3.63) is 41.3 Å². The smallest absolute Gasteiger partial charge is 0.259 e. The third kappa shape index (κ3) is 2.25. The Kier molecular flexibility index (Phi) is 2.78. The van der Waals surface area contributed by atoms with E-state index in [0.717, 1.165) is 11.6 Å². The average Bonchev–Trinajstić information content (AvgIpc) is 2.68. The van der Waals surface area contributed by atoms with Gasteiger partial charge in [-0.15, -0.1) is 0 Å². The molecule has 1 heterocycles. The highest BCUT2D eigenvalue weighted by molar-refractivity contribution is 6.07. The molecule has 5 nitrogen and oxygen atoms in total. The number of hydrogen-bond donors (Lipinski definition) is 3. The van der Waals surface area contributed by atoms with Crippen LogP contribution in [-0.4, -0.2) is 16.1 Å². The number of amides is 1. The highest BCUT2D eigenvalue weighted by Gasteiger charge is 2.12. The molecule has 6 heteroatoms. The zero-order valence-electron chi connectivity index (χ0n) is 9.12. The van der Waals surface area contributed by atoms with Gasteiger partial charge in [-0.1, -0.05) is 0 Å². The monoisotopic (exact) mass is 234 g/mol. The van der Waals surface area contributed by atoms with E-state index >= 15 is 0 Å².